The Bertz CT molecular complexity index is 2220. The van der Waals surface area contributed by atoms with Crippen LogP contribution in [0.3, 0.4) is 0 Å². The molecule has 9 aliphatic carbocycles. The van der Waals surface area contributed by atoms with Crippen molar-refractivity contribution in [3.8, 4) is 11.5 Å². The Morgan fingerprint density at radius 2 is 1.52 bits per heavy atom. The van der Waals surface area contributed by atoms with Gasteiger partial charge in [0.25, 0.3) is 0 Å². The molecule has 6 fully saturated rings. The Labute approximate surface area is 343 Å². The Morgan fingerprint density at radius 1 is 0.810 bits per heavy atom. The largest absolute Gasteiger partial charge is 0.497 e. The number of carbonyl (C=O) groups is 2. The van der Waals surface area contributed by atoms with Gasteiger partial charge < -0.3 is 24.6 Å². The number of nitrogens with zero attached hydrogens (tertiary/aromatic N) is 1. The molecule has 1 amide bonds. The van der Waals surface area contributed by atoms with Crippen molar-refractivity contribution in [1.82, 2.24) is 4.90 Å². The topological polar surface area (TPSA) is 96.3 Å². The zero-order valence-electron chi connectivity index (χ0n) is 35.0. The van der Waals surface area contributed by atoms with Gasteiger partial charge in [-0.2, -0.15) is 0 Å². The Balaban J connectivity index is 1.02. The predicted octanol–water partition coefficient (Wildman–Crippen LogP) is 10.2. The second-order valence-electron chi connectivity index (χ2n) is 20.8. The van der Waals surface area contributed by atoms with Crippen LogP contribution in [-0.2, 0) is 0 Å². The maximum absolute atomic E-state index is 15.0. The van der Waals surface area contributed by atoms with Crippen LogP contribution in [0.2, 0.25) is 0 Å². The summed E-state index contributed by atoms with van der Waals surface area (Å²) in [5, 5.41) is 26.6. The third kappa shape index (κ3) is 5.23. The van der Waals surface area contributed by atoms with Gasteiger partial charge in [0.1, 0.15) is 11.5 Å². The highest BCUT2D eigenvalue weighted by Crippen LogP contribution is 2.78. The predicted molar refractivity (Wildman–Crippen MR) is 226 cm³/mol. The molecule has 6 saturated carbocycles. The molecule has 306 valence electrons. The van der Waals surface area contributed by atoms with Gasteiger partial charge in [-0.1, -0.05) is 76.3 Å². The van der Waals surface area contributed by atoms with Gasteiger partial charge in [-0.25, -0.2) is 4.79 Å². The van der Waals surface area contributed by atoms with Crippen LogP contribution in [0.5, 0.6) is 11.5 Å². The summed E-state index contributed by atoms with van der Waals surface area (Å²) < 4.78 is 11.7. The first-order valence-electron chi connectivity index (χ1n) is 22.1. The first-order chi connectivity index (χ1) is 27.7. The van der Waals surface area contributed by atoms with E-state index < -0.39 is 34.0 Å². The second kappa shape index (κ2) is 13.0. The minimum Gasteiger partial charge on any atom is -0.497 e. The monoisotopic (exact) mass is 783 g/mol. The fraction of sp³-hybridized carbons (Fsp3) is 0.569. The molecule has 9 aliphatic rings. The summed E-state index contributed by atoms with van der Waals surface area (Å²) in [4.78, 5) is 31.5. The van der Waals surface area contributed by atoms with Crippen LogP contribution in [0.1, 0.15) is 102 Å². The smallest absolute Gasteiger partial charge is 0.415 e. The first-order valence-corrected chi connectivity index (χ1v) is 22.1. The molecular formula is C51H61NO6. The zero-order chi connectivity index (χ0) is 40.5. The Hall–Kier alpha value is -3.94. The lowest BCUT2D eigenvalue weighted by atomic mass is 9.32. The lowest BCUT2D eigenvalue weighted by Gasteiger charge is -2.71. The molecule has 1 unspecified atom stereocenters. The number of aliphatic hydroxyl groups is 2. The van der Waals surface area contributed by atoms with Gasteiger partial charge in [-0.3, -0.25) is 4.79 Å². The van der Waals surface area contributed by atoms with E-state index in [9.17, 15) is 15.0 Å². The van der Waals surface area contributed by atoms with E-state index in [0.29, 0.717) is 48.3 Å². The normalized spacial score (nSPS) is 40.1. The molecule has 3 aromatic rings. The van der Waals surface area contributed by atoms with Gasteiger partial charge in [0.15, 0.2) is 5.78 Å². The van der Waals surface area contributed by atoms with Gasteiger partial charge >= 0.3 is 6.09 Å². The number of methoxy groups -OCH3 is 1. The summed E-state index contributed by atoms with van der Waals surface area (Å²) in [6.45, 7) is 10.2. The van der Waals surface area contributed by atoms with Crippen LogP contribution in [0.25, 0.3) is 10.8 Å². The van der Waals surface area contributed by atoms with Crippen molar-refractivity contribution in [3.05, 3.63) is 96.1 Å². The first kappa shape index (κ1) is 38.3. The molecule has 0 aliphatic heterocycles. The van der Waals surface area contributed by atoms with Crippen LogP contribution >= 0.6 is 0 Å². The van der Waals surface area contributed by atoms with Crippen LogP contribution < -0.4 is 9.47 Å². The molecule has 4 bridgehead atoms. The fourth-order valence-electron chi connectivity index (χ4n) is 14.9. The number of carbonyl (C=O) groups excluding carboxylic acids is 2. The highest BCUT2D eigenvalue weighted by molar-refractivity contribution is 6.10. The summed E-state index contributed by atoms with van der Waals surface area (Å²) in [6.07, 6.45) is 14.9. The summed E-state index contributed by atoms with van der Waals surface area (Å²) >= 11 is 0. The van der Waals surface area contributed by atoms with E-state index in [1.165, 1.54) is 12.8 Å². The molecule has 3 aromatic carbocycles. The molecular weight excluding hydrogens is 723 g/mol. The fourth-order valence-corrected chi connectivity index (χ4v) is 14.9. The second-order valence-corrected chi connectivity index (χ2v) is 20.8. The average Bonchev–Trinajstić information content (AvgIpc) is 3.49. The van der Waals surface area contributed by atoms with Crippen molar-refractivity contribution in [2.45, 2.75) is 104 Å². The minimum absolute atomic E-state index is 0.0187. The maximum atomic E-state index is 15.0. The van der Waals surface area contributed by atoms with Crippen LogP contribution in [0, 0.1) is 56.7 Å². The van der Waals surface area contributed by atoms with Crippen molar-refractivity contribution in [3.63, 3.8) is 0 Å². The summed E-state index contributed by atoms with van der Waals surface area (Å²) in [7, 11) is 1.63. The highest BCUT2D eigenvalue weighted by atomic mass is 16.6. The number of rotatable bonds is 8. The summed E-state index contributed by atoms with van der Waals surface area (Å²) in [5.41, 5.74) is -1.18. The van der Waals surface area contributed by atoms with Gasteiger partial charge in [-0.15, -0.1) is 0 Å². The Kier molecular flexibility index (Phi) is 8.60. The van der Waals surface area contributed by atoms with Gasteiger partial charge in [0, 0.05) is 33.9 Å². The van der Waals surface area contributed by atoms with Gasteiger partial charge in [0.05, 0.1) is 25.4 Å². The van der Waals surface area contributed by atoms with E-state index in [-0.39, 0.29) is 35.0 Å². The average molecular weight is 784 g/mol. The summed E-state index contributed by atoms with van der Waals surface area (Å²) in [6, 6.07) is 21.4. The molecule has 2 spiro atoms. The molecule has 7 nitrogen and oxygen atoms in total. The van der Waals surface area contributed by atoms with Crippen molar-refractivity contribution < 1.29 is 29.3 Å². The minimum atomic E-state index is -1.19. The molecule has 58 heavy (non-hydrogen) atoms. The Morgan fingerprint density at radius 3 is 2.26 bits per heavy atom. The van der Waals surface area contributed by atoms with E-state index in [1.807, 2.05) is 65.6 Å². The highest BCUT2D eigenvalue weighted by Gasteiger charge is 2.74. The molecule has 0 radical (unpaired) electrons. The standard InChI is InChI=1S/C51H61NO6/c1-46(2)36-14-10-35(40(46)27-36)30-52(45(55)58-39-17-11-32-8-6-7-9-34(32)26-39)31-50(56)23-20-43-48(50,4)22-19-42-47(3)21-18-37(53)28-49(47)24-25-51(42,43)41(29-49)44(54)33-12-15-38(57-5)16-13-33/h6-9,11-13,15-17,24-26,29,35-37,40,42-43,53,56H,10,14,18-23,27-28,30-31H2,1-5H3/t35-,36-,37?,40-,42+,43+,47+,48-,49-,50+,51+/m0/s1. The summed E-state index contributed by atoms with van der Waals surface area (Å²) in [5.74, 6) is 3.04. The lowest BCUT2D eigenvalue weighted by Crippen LogP contribution is -2.67. The van der Waals surface area contributed by atoms with Crippen LogP contribution in [0.4, 0.5) is 4.79 Å². The number of fused-ring (bicyclic) bond motifs is 4. The molecule has 7 heteroatoms. The molecule has 2 N–H and O–H groups in total. The zero-order valence-corrected chi connectivity index (χ0v) is 35.0. The van der Waals surface area contributed by atoms with Crippen molar-refractivity contribution in [1.29, 1.82) is 0 Å². The molecule has 0 aromatic heterocycles. The number of allylic oxidation sites excluding steroid dienone is 4. The number of hydrogen-bond acceptors (Lipinski definition) is 6. The van der Waals surface area contributed by atoms with Crippen molar-refractivity contribution >= 4 is 22.6 Å². The number of hydrogen-bond donors (Lipinski definition) is 2. The third-order valence-electron chi connectivity index (χ3n) is 18.4. The SMILES string of the molecule is COc1ccc(C(=O)C2=C[C@@]34C=C[C@@]25[C@@H]2CC[C@@](O)(CN(C[C@@H]6CC[C@H]7C[C@@H]6C7(C)C)C(=O)Oc6ccc7ccccc7c6)[C@@]2(C)CC[C@@H]5[C@@]3(C)CCC(O)C4)cc1. The van der Waals surface area contributed by atoms with Crippen LogP contribution in [-0.4, -0.2) is 58.9 Å². The number of Topliss-reactive ketones (excluding diaryl/α,β-unsaturated/α-hetero) is 1. The van der Waals surface area contributed by atoms with E-state index in [2.05, 4.69) is 52.0 Å². The maximum Gasteiger partial charge on any atom is 0.415 e. The third-order valence-corrected chi connectivity index (χ3v) is 18.4. The molecule has 0 heterocycles. The number of ether oxygens (including phenoxy) is 2. The van der Waals surface area contributed by atoms with Gasteiger partial charge in [0.2, 0.25) is 0 Å². The lowest BCUT2D eigenvalue weighted by molar-refractivity contribution is -0.176. The molecule has 12 rings (SSSR count). The molecule has 0 saturated heterocycles. The van der Waals surface area contributed by atoms with E-state index in [4.69, 9.17) is 9.47 Å². The number of aliphatic hydroxyl groups excluding tert-OH is 1. The van der Waals surface area contributed by atoms with Crippen molar-refractivity contribution in [2.75, 3.05) is 20.2 Å². The quantitative estimate of drug-likeness (QED) is 0.175. The van der Waals surface area contributed by atoms with E-state index in [1.54, 1.807) is 7.11 Å². The molecule has 11 atom stereocenters. The van der Waals surface area contributed by atoms with Crippen LogP contribution in [0.15, 0.2) is 90.5 Å². The van der Waals surface area contributed by atoms with E-state index in [0.717, 1.165) is 60.8 Å². The van der Waals surface area contributed by atoms with Gasteiger partial charge in [-0.05, 0) is 152 Å². The number of ketones is 1. The van der Waals surface area contributed by atoms with E-state index >= 15 is 4.79 Å². The van der Waals surface area contributed by atoms with Crippen molar-refractivity contribution in [2.24, 2.45) is 56.7 Å². The number of benzene rings is 3. The number of amides is 1.